The van der Waals surface area contributed by atoms with Crippen LogP contribution in [0.3, 0.4) is 0 Å². The third kappa shape index (κ3) is 3.68. The summed E-state index contributed by atoms with van der Waals surface area (Å²) in [4.78, 5) is 35.3. The van der Waals surface area contributed by atoms with Crippen molar-refractivity contribution in [3.05, 3.63) is 58.3 Å². The van der Waals surface area contributed by atoms with Gasteiger partial charge in [-0.3, -0.25) is 19.7 Å². The number of imide groups is 1. The van der Waals surface area contributed by atoms with Crippen LogP contribution in [-0.4, -0.2) is 20.9 Å². The van der Waals surface area contributed by atoms with Gasteiger partial charge in [0.1, 0.15) is 17.8 Å². The maximum absolute atomic E-state index is 12.6. The van der Waals surface area contributed by atoms with E-state index in [-0.39, 0.29) is 5.69 Å². The first-order valence-electron chi connectivity index (χ1n) is 6.42. The molecule has 2 aromatic rings. The number of carbonyl (C=O) groups excluding carboxylic acids is 2. The normalized spacial score (nSPS) is 11.3. The van der Waals surface area contributed by atoms with Crippen LogP contribution >= 0.6 is 0 Å². The molecule has 6 nitrogen and oxygen atoms in total. The molecule has 0 saturated heterocycles. The van der Waals surface area contributed by atoms with Crippen LogP contribution in [-0.2, 0) is 24.6 Å². The summed E-state index contributed by atoms with van der Waals surface area (Å²) in [6.45, 7) is -0.696. The Hall–Kier alpha value is -2.84. The highest BCUT2D eigenvalue weighted by atomic mass is 19.4. The number of nitrogens with one attached hydrogen (secondary N) is 1. The zero-order valence-electron chi connectivity index (χ0n) is 11.9. The zero-order valence-corrected chi connectivity index (χ0v) is 11.9. The van der Waals surface area contributed by atoms with Gasteiger partial charge < -0.3 is 9.13 Å². The van der Waals surface area contributed by atoms with Crippen LogP contribution in [0.25, 0.3) is 0 Å². The molecule has 2 rings (SSSR count). The average molecular weight is 327 g/mol. The summed E-state index contributed by atoms with van der Waals surface area (Å²) in [5.41, 5.74) is -2.52. The Balaban J connectivity index is 2.14. The number of hydrogen-bond donors (Lipinski definition) is 1. The minimum atomic E-state index is -4.81. The molecule has 0 atom stereocenters. The molecule has 0 saturated carbocycles. The minimum Gasteiger partial charge on any atom is -0.347 e. The first kappa shape index (κ1) is 16.5. The molecular formula is C14H12F3N3O3. The number of alkyl halides is 3. The Morgan fingerprint density at radius 2 is 1.83 bits per heavy atom. The summed E-state index contributed by atoms with van der Waals surface area (Å²) in [5.74, 6) is -1.60. The lowest BCUT2D eigenvalue weighted by Gasteiger charge is -2.10. The molecule has 0 unspecified atom stereocenters. The first-order chi connectivity index (χ1) is 10.7. The van der Waals surface area contributed by atoms with Gasteiger partial charge in [-0.05, 0) is 24.3 Å². The van der Waals surface area contributed by atoms with Crippen molar-refractivity contribution in [1.29, 1.82) is 0 Å². The van der Waals surface area contributed by atoms with Crippen molar-refractivity contribution in [3.63, 3.8) is 0 Å². The number of nitrogens with zero attached hydrogens (tertiary/aromatic N) is 2. The van der Waals surface area contributed by atoms with Gasteiger partial charge in [-0.1, -0.05) is 0 Å². The number of halogens is 3. The van der Waals surface area contributed by atoms with Gasteiger partial charge >= 0.3 is 6.18 Å². The van der Waals surface area contributed by atoms with Gasteiger partial charge in [-0.2, -0.15) is 13.2 Å². The summed E-state index contributed by atoms with van der Waals surface area (Å²) >= 11 is 0. The van der Waals surface area contributed by atoms with Crippen LogP contribution in [0, 0.1) is 0 Å². The SMILES string of the molecule is Cn1cccc1C(=O)NC(=O)Cn1cccc(C(F)(F)F)c1=O. The fraction of sp³-hybridized carbons (Fsp3) is 0.214. The molecule has 0 aromatic carbocycles. The standard InChI is InChI=1S/C14H12F3N3O3/c1-19-6-3-5-10(19)12(22)18-11(21)8-20-7-2-4-9(13(20)23)14(15,16)17/h2-7H,8H2,1H3,(H,18,21,22). The molecule has 1 N–H and O–H groups in total. The number of aryl methyl sites for hydroxylation is 1. The highest BCUT2D eigenvalue weighted by molar-refractivity contribution is 6.03. The largest absolute Gasteiger partial charge is 0.421 e. The van der Waals surface area contributed by atoms with E-state index in [4.69, 9.17) is 0 Å². The van der Waals surface area contributed by atoms with E-state index >= 15 is 0 Å². The topological polar surface area (TPSA) is 73.1 Å². The molecule has 0 spiro atoms. The molecule has 23 heavy (non-hydrogen) atoms. The van der Waals surface area contributed by atoms with Crippen molar-refractivity contribution < 1.29 is 22.8 Å². The number of carbonyl (C=O) groups is 2. The summed E-state index contributed by atoms with van der Waals surface area (Å²) in [6.07, 6.45) is -2.17. The van der Waals surface area contributed by atoms with Crippen LogP contribution in [0.4, 0.5) is 13.2 Å². The third-order valence-corrected chi connectivity index (χ3v) is 3.07. The number of aromatic nitrogens is 2. The maximum Gasteiger partial charge on any atom is 0.421 e. The lowest BCUT2D eigenvalue weighted by Crippen LogP contribution is -2.38. The van der Waals surface area contributed by atoms with Crippen LogP contribution in [0.15, 0.2) is 41.5 Å². The summed E-state index contributed by atoms with van der Waals surface area (Å²) in [6, 6.07) is 4.71. The Bertz CT molecular complexity index is 805. The summed E-state index contributed by atoms with van der Waals surface area (Å²) < 4.78 is 40.0. The second-order valence-corrected chi connectivity index (χ2v) is 4.73. The fourth-order valence-corrected chi connectivity index (χ4v) is 1.96. The van der Waals surface area contributed by atoms with Gasteiger partial charge in [0.25, 0.3) is 11.5 Å². The molecular weight excluding hydrogens is 315 g/mol. The Labute approximate surface area is 128 Å². The molecule has 0 fully saturated rings. The summed E-state index contributed by atoms with van der Waals surface area (Å²) in [7, 11) is 1.59. The first-order valence-corrected chi connectivity index (χ1v) is 6.42. The highest BCUT2D eigenvalue weighted by Gasteiger charge is 2.34. The van der Waals surface area contributed by atoms with Gasteiger partial charge in [0.05, 0.1) is 0 Å². The van der Waals surface area contributed by atoms with E-state index in [9.17, 15) is 27.6 Å². The van der Waals surface area contributed by atoms with Crippen LogP contribution in [0.2, 0.25) is 0 Å². The molecule has 0 aliphatic heterocycles. The van der Waals surface area contributed by atoms with Gasteiger partial charge in [0.15, 0.2) is 0 Å². The molecule has 2 amide bonds. The van der Waals surface area contributed by atoms with E-state index in [2.05, 4.69) is 0 Å². The molecule has 0 bridgehead atoms. The fourth-order valence-electron chi connectivity index (χ4n) is 1.96. The van der Waals surface area contributed by atoms with Gasteiger partial charge in [0.2, 0.25) is 5.91 Å². The molecule has 9 heteroatoms. The van der Waals surface area contributed by atoms with E-state index in [1.54, 1.807) is 19.3 Å². The Kier molecular flexibility index (Phi) is 4.39. The Morgan fingerprint density at radius 1 is 1.17 bits per heavy atom. The molecule has 2 aromatic heterocycles. The monoisotopic (exact) mass is 327 g/mol. The second-order valence-electron chi connectivity index (χ2n) is 4.73. The lowest BCUT2D eigenvalue weighted by molar-refractivity contribution is -0.139. The van der Waals surface area contributed by atoms with E-state index in [0.29, 0.717) is 10.6 Å². The van der Waals surface area contributed by atoms with Crippen molar-refractivity contribution in [3.8, 4) is 0 Å². The van der Waals surface area contributed by atoms with Gasteiger partial charge in [0, 0.05) is 19.4 Å². The third-order valence-electron chi connectivity index (χ3n) is 3.07. The van der Waals surface area contributed by atoms with E-state index in [1.807, 2.05) is 5.32 Å². The molecule has 2 heterocycles. The molecule has 0 aliphatic carbocycles. The van der Waals surface area contributed by atoms with Gasteiger partial charge in [-0.25, -0.2) is 0 Å². The van der Waals surface area contributed by atoms with Gasteiger partial charge in [-0.15, -0.1) is 0 Å². The number of rotatable bonds is 3. The summed E-state index contributed by atoms with van der Waals surface area (Å²) in [5, 5.41) is 2.02. The zero-order chi connectivity index (χ0) is 17.2. The highest BCUT2D eigenvalue weighted by Crippen LogP contribution is 2.25. The van der Waals surface area contributed by atoms with Crippen LogP contribution < -0.4 is 10.9 Å². The quantitative estimate of drug-likeness (QED) is 0.919. The predicted octanol–water partition coefficient (Wildman–Crippen LogP) is 1.16. The van der Waals surface area contributed by atoms with E-state index in [0.717, 1.165) is 12.3 Å². The van der Waals surface area contributed by atoms with Crippen molar-refractivity contribution in [1.82, 2.24) is 14.5 Å². The van der Waals surface area contributed by atoms with Crippen molar-refractivity contribution >= 4 is 11.8 Å². The molecule has 0 aliphatic rings. The molecule has 0 radical (unpaired) electrons. The average Bonchev–Trinajstić information content (AvgIpc) is 2.86. The smallest absolute Gasteiger partial charge is 0.347 e. The van der Waals surface area contributed by atoms with Crippen molar-refractivity contribution in [2.45, 2.75) is 12.7 Å². The van der Waals surface area contributed by atoms with E-state index in [1.165, 1.54) is 10.6 Å². The Morgan fingerprint density at radius 3 is 2.39 bits per heavy atom. The van der Waals surface area contributed by atoms with E-state index < -0.39 is 35.7 Å². The lowest BCUT2D eigenvalue weighted by atomic mass is 10.2. The molecule has 122 valence electrons. The van der Waals surface area contributed by atoms with Crippen LogP contribution in [0.1, 0.15) is 16.1 Å². The van der Waals surface area contributed by atoms with Crippen LogP contribution in [0.5, 0.6) is 0 Å². The number of pyridine rings is 1. The number of amides is 2. The predicted molar refractivity (Wildman–Crippen MR) is 73.6 cm³/mol. The van der Waals surface area contributed by atoms with Crippen molar-refractivity contribution in [2.24, 2.45) is 7.05 Å². The van der Waals surface area contributed by atoms with Crippen molar-refractivity contribution in [2.75, 3.05) is 0 Å². The minimum absolute atomic E-state index is 0.203. The second kappa shape index (κ2) is 6.11. The number of hydrogen-bond acceptors (Lipinski definition) is 3. The maximum atomic E-state index is 12.6.